The molecule has 2 aromatic rings. The number of nitrogens with zero attached hydrogens (tertiary/aromatic N) is 2. The summed E-state index contributed by atoms with van der Waals surface area (Å²) >= 11 is 3.46. The zero-order valence-electron chi connectivity index (χ0n) is 15.3. The summed E-state index contributed by atoms with van der Waals surface area (Å²) in [6.07, 6.45) is 1.06. The number of rotatable bonds is 5. The monoisotopic (exact) mass is 432 g/mol. The highest BCUT2D eigenvalue weighted by molar-refractivity contribution is 9.10. The molecular weight excluding hydrogens is 411 g/mol. The van der Waals surface area contributed by atoms with Crippen molar-refractivity contribution < 1.29 is 13.9 Å². The van der Waals surface area contributed by atoms with Crippen molar-refractivity contribution in [2.45, 2.75) is 6.42 Å². The number of anilines is 1. The highest BCUT2D eigenvalue weighted by Gasteiger charge is 2.51. The van der Waals surface area contributed by atoms with E-state index in [1.807, 2.05) is 0 Å². The van der Waals surface area contributed by atoms with Gasteiger partial charge in [0.2, 0.25) is 0 Å². The van der Waals surface area contributed by atoms with E-state index in [9.17, 15) is 9.18 Å². The highest BCUT2D eigenvalue weighted by atomic mass is 79.9. The van der Waals surface area contributed by atoms with Gasteiger partial charge in [-0.1, -0.05) is 28.1 Å². The minimum atomic E-state index is -0.639. The Morgan fingerprint density at radius 3 is 2.48 bits per heavy atom. The van der Waals surface area contributed by atoms with Crippen molar-refractivity contribution in [3.63, 3.8) is 0 Å². The van der Waals surface area contributed by atoms with Gasteiger partial charge in [-0.2, -0.15) is 0 Å². The van der Waals surface area contributed by atoms with Crippen LogP contribution in [0.25, 0.3) is 0 Å². The lowest BCUT2D eigenvalue weighted by atomic mass is 9.72. The molecule has 27 heavy (non-hydrogen) atoms. The predicted octanol–water partition coefficient (Wildman–Crippen LogP) is 3.74. The summed E-state index contributed by atoms with van der Waals surface area (Å²) in [7, 11) is 1.26. The molecule has 142 valence electrons. The van der Waals surface area contributed by atoms with Crippen molar-refractivity contribution in [2.75, 3.05) is 44.7 Å². The number of esters is 1. The third kappa shape index (κ3) is 3.73. The van der Waals surface area contributed by atoms with Crippen molar-refractivity contribution in [2.24, 2.45) is 5.41 Å². The standard InChI is InChI=1S/C21H22BrFN2O2/c1-27-20(26)18-7-6-17(10-19(18)23)25-13-21(14-25)11-24(12-21)9-8-15-2-4-16(22)5-3-15/h2-7,10H,8-9,11-14H2,1H3. The van der Waals surface area contributed by atoms with E-state index in [1.165, 1.54) is 24.8 Å². The zero-order chi connectivity index (χ0) is 19.0. The van der Waals surface area contributed by atoms with Crippen LogP contribution in [-0.4, -0.2) is 50.7 Å². The van der Waals surface area contributed by atoms with E-state index in [1.54, 1.807) is 6.07 Å². The SMILES string of the molecule is COC(=O)c1ccc(N2CC3(CN(CCc4ccc(Br)cc4)C3)C2)cc1F. The first-order valence-electron chi connectivity index (χ1n) is 9.08. The summed E-state index contributed by atoms with van der Waals surface area (Å²) in [6.45, 7) is 5.16. The van der Waals surface area contributed by atoms with Crippen LogP contribution in [0.15, 0.2) is 46.9 Å². The third-order valence-electron chi connectivity index (χ3n) is 5.52. The van der Waals surface area contributed by atoms with Crippen LogP contribution in [0.3, 0.4) is 0 Å². The Morgan fingerprint density at radius 2 is 1.85 bits per heavy atom. The number of likely N-dealkylation sites (tertiary alicyclic amines) is 1. The van der Waals surface area contributed by atoms with E-state index in [0.717, 1.165) is 49.3 Å². The summed E-state index contributed by atoms with van der Waals surface area (Å²) in [6, 6.07) is 13.2. The molecule has 4 rings (SSSR count). The smallest absolute Gasteiger partial charge is 0.340 e. The minimum Gasteiger partial charge on any atom is -0.465 e. The summed E-state index contributed by atoms with van der Waals surface area (Å²) in [5, 5.41) is 0. The number of carbonyl (C=O) groups excluding carboxylic acids is 1. The fourth-order valence-electron chi connectivity index (χ4n) is 4.12. The average molecular weight is 433 g/mol. The molecule has 0 aliphatic carbocycles. The topological polar surface area (TPSA) is 32.8 Å². The number of benzene rings is 2. The van der Waals surface area contributed by atoms with Crippen LogP contribution in [0.4, 0.5) is 10.1 Å². The van der Waals surface area contributed by atoms with Crippen LogP contribution < -0.4 is 4.90 Å². The second-order valence-electron chi connectivity index (χ2n) is 7.60. The molecule has 0 N–H and O–H groups in total. The molecular formula is C21H22BrFN2O2. The van der Waals surface area contributed by atoms with E-state index < -0.39 is 11.8 Å². The van der Waals surface area contributed by atoms with Gasteiger partial charge in [0.05, 0.1) is 12.7 Å². The van der Waals surface area contributed by atoms with Crippen LogP contribution in [0, 0.1) is 11.2 Å². The van der Waals surface area contributed by atoms with Crippen molar-refractivity contribution in [1.29, 1.82) is 0 Å². The molecule has 4 nitrogen and oxygen atoms in total. The zero-order valence-corrected chi connectivity index (χ0v) is 16.8. The van der Waals surface area contributed by atoms with E-state index in [4.69, 9.17) is 0 Å². The van der Waals surface area contributed by atoms with E-state index >= 15 is 0 Å². The van der Waals surface area contributed by atoms with Gasteiger partial charge in [0.25, 0.3) is 0 Å². The number of hydrogen-bond acceptors (Lipinski definition) is 4. The molecule has 0 unspecified atom stereocenters. The fraction of sp³-hybridized carbons (Fsp3) is 0.381. The van der Waals surface area contributed by atoms with Gasteiger partial charge < -0.3 is 14.5 Å². The molecule has 0 bridgehead atoms. The predicted molar refractivity (Wildman–Crippen MR) is 107 cm³/mol. The lowest BCUT2D eigenvalue weighted by molar-refractivity contribution is -0.0206. The Morgan fingerprint density at radius 1 is 1.15 bits per heavy atom. The summed E-state index contributed by atoms with van der Waals surface area (Å²) < 4.78 is 19.8. The summed E-state index contributed by atoms with van der Waals surface area (Å²) in [4.78, 5) is 16.2. The van der Waals surface area contributed by atoms with Gasteiger partial charge in [-0.25, -0.2) is 9.18 Å². The average Bonchev–Trinajstić information content (AvgIpc) is 2.60. The molecule has 2 saturated heterocycles. The molecule has 2 fully saturated rings. The molecule has 1 spiro atoms. The van der Waals surface area contributed by atoms with E-state index in [0.29, 0.717) is 5.41 Å². The molecule has 0 saturated carbocycles. The van der Waals surface area contributed by atoms with Crippen LogP contribution in [0.5, 0.6) is 0 Å². The van der Waals surface area contributed by atoms with Gasteiger partial charge in [0, 0.05) is 48.3 Å². The van der Waals surface area contributed by atoms with Crippen LogP contribution in [0.1, 0.15) is 15.9 Å². The van der Waals surface area contributed by atoms with Crippen molar-refractivity contribution in [3.05, 3.63) is 63.9 Å². The maximum absolute atomic E-state index is 14.1. The Balaban J connectivity index is 1.26. The maximum Gasteiger partial charge on any atom is 0.340 e. The first-order valence-corrected chi connectivity index (χ1v) is 9.87. The van der Waals surface area contributed by atoms with Gasteiger partial charge in [-0.15, -0.1) is 0 Å². The molecule has 0 atom stereocenters. The minimum absolute atomic E-state index is 0.0146. The van der Waals surface area contributed by atoms with Crippen molar-refractivity contribution in [3.8, 4) is 0 Å². The molecule has 2 heterocycles. The molecule has 2 aliphatic heterocycles. The van der Waals surface area contributed by atoms with Gasteiger partial charge in [-0.05, 0) is 42.3 Å². The second kappa shape index (κ2) is 7.24. The van der Waals surface area contributed by atoms with Gasteiger partial charge in [0.15, 0.2) is 0 Å². The Labute approximate surface area is 167 Å². The van der Waals surface area contributed by atoms with E-state index in [-0.39, 0.29) is 5.56 Å². The normalized spacial score (nSPS) is 18.1. The van der Waals surface area contributed by atoms with Crippen LogP contribution in [-0.2, 0) is 11.2 Å². The molecule has 0 radical (unpaired) electrons. The molecule has 2 aliphatic rings. The number of methoxy groups -OCH3 is 1. The molecule has 6 heteroatoms. The van der Waals surface area contributed by atoms with Gasteiger partial charge in [-0.3, -0.25) is 0 Å². The second-order valence-corrected chi connectivity index (χ2v) is 8.51. The fourth-order valence-corrected chi connectivity index (χ4v) is 4.39. The molecule has 2 aromatic carbocycles. The lowest BCUT2D eigenvalue weighted by Crippen LogP contribution is -2.72. The van der Waals surface area contributed by atoms with E-state index in [2.05, 4.69) is 54.7 Å². The number of halogens is 2. The van der Waals surface area contributed by atoms with Crippen LogP contribution >= 0.6 is 15.9 Å². The highest BCUT2D eigenvalue weighted by Crippen LogP contribution is 2.42. The Hall–Kier alpha value is -1.92. The molecule has 0 aromatic heterocycles. The quantitative estimate of drug-likeness (QED) is 0.673. The van der Waals surface area contributed by atoms with Crippen LogP contribution in [0.2, 0.25) is 0 Å². The lowest BCUT2D eigenvalue weighted by Gasteiger charge is -2.61. The largest absolute Gasteiger partial charge is 0.465 e. The Bertz CT molecular complexity index is 842. The van der Waals surface area contributed by atoms with Gasteiger partial charge >= 0.3 is 5.97 Å². The summed E-state index contributed by atoms with van der Waals surface area (Å²) in [5.41, 5.74) is 2.52. The molecule has 0 amide bonds. The van der Waals surface area contributed by atoms with Crippen molar-refractivity contribution in [1.82, 2.24) is 4.90 Å². The Kier molecular flexibility index (Phi) is 4.95. The number of ether oxygens (including phenoxy) is 1. The first kappa shape index (κ1) is 18.4. The number of carbonyl (C=O) groups is 1. The maximum atomic E-state index is 14.1. The summed E-state index contributed by atoms with van der Waals surface area (Å²) in [5.74, 6) is -1.16. The van der Waals surface area contributed by atoms with Crippen molar-refractivity contribution >= 4 is 27.6 Å². The third-order valence-corrected chi connectivity index (χ3v) is 6.05. The first-order chi connectivity index (χ1) is 13.0. The number of hydrogen-bond donors (Lipinski definition) is 0. The van der Waals surface area contributed by atoms with Gasteiger partial charge in [0.1, 0.15) is 5.82 Å².